The molecule has 0 unspecified atom stereocenters. The summed E-state index contributed by atoms with van der Waals surface area (Å²) >= 11 is 0. The number of nitrogens with zero attached hydrogens (tertiary/aromatic N) is 2. The zero-order valence-corrected chi connectivity index (χ0v) is 24.6. The van der Waals surface area contributed by atoms with Gasteiger partial charge in [0.1, 0.15) is 29.8 Å². The second-order valence-electron chi connectivity index (χ2n) is 10.5. The smallest absolute Gasteiger partial charge is 0.261 e. The molecule has 3 atom stereocenters. The molecule has 0 bridgehead atoms. The Morgan fingerprint density at radius 1 is 1.00 bits per heavy atom. The summed E-state index contributed by atoms with van der Waals surface area (Å²) in [5.41, 5.74) is 0.399. The van der Waals surface area contributed by atoms with Crippen LogP contribution in [-0.2, 0) is 21.3 Å². The predicted molar refractivity (Wildman–Crippen MR) is 152 cm³/mol. The Kier molecular flexibility index (Phi) is 9.80. The highest BCUT2D eigenvalue weighted by molar-refractivity contribution is 7.92. The van der Waals surface area contributed by atoms with Gasteiger partial charge in [-0.2, -0.15) is 0 Å². The van der Waals surface area contributed by atoms with E-state index in [-0.39, 0.29) is 59.1 Å². The molecule has 1 amide bonds. The van der Waals surface area contributed by atoms with Crippen LogP contribution < -0.4 is 9.46 Å². The third-order valence-corrected chi connectivity index (χ3v) is 8.69. The molecule has 0 saturated carbocycles. The molecule has 3 aromatic rings. The highest BCUT2D eigenvalue weighted by atomic mass is 32.2. The highest BCUT2D eigenvalue weighted by Crippen LogP contribution is 2.28. The Labute approximate surface area is 244 Å². The van der Waals surface area contributed by atoms with Crippen LogP contribution in [0.15, 0.2) is 65.6 Å². The molecule has 1 aliphatic heterocycles. The largest absolute Gasteiger partial charge is 0.491 e. The number of amides is 1. The number of anilines is 1. The summed E-state index contributed by atoms with van der Waals surface area (Å²) in [5.74, 6) is -2.08. The summed E-state index contributed by atoms with van der Waals surface area (Å²) in [4.78, 5) is 16.7. The van der Waals surface area contributed by atoms with Crippen molar-refractivity contribution in [2.75, 3.05) is 38.6 Å². The molecule has 226 valence electrons. The Morgan fingerprint density at radius 3 is 2.45 bits per heavy atom. The summed E-state index contributed by atoms with van der Waals surface area (Å²) in [5, 5.41) is 0. The first-order valence-corrected chi connectivity index (χ1v) is 14.9. The van der Waals surface area contributed by atoms with E-state index >= 15 is 0 Å². The van der Waals surface area contributed by atoms with Gasteiger partial charge in [-0.15, -0.1) is 0 Å². The molecule has 0 spiro atoms. The molecule has 1 N–H and O–H groups in total. The normalized spacial score (nSPS) is 20.7. The van der Waals surface area contributed by atoms with Crippen molar-refractivity contribution < 1.29 is 35.9 Å². The lowest BCUT2D eigenvalue weighted by molar-refractivity contribution is 0.00903. The van der Waals surface area contributed by atoms with Gasteiger partial charge in [0.25, 0.3) is 15.9 Å². The molecule has 4 rings (SSSR count). The third-order valence-electron chi connectivity index (χ3n) is 7.31. The van der Waals surface area contributed by atoms with Crippen molar-refractivity contribution in [3.8, 4) is 5.75 Å². The summed E-state index contributed by atoms with van der Waals surface area (Å²) in [6, 6.07) is 11.9. The van der Waals surface area contributed by atoms with Crippen molar-refractivity contribution >= 4 is 21.6 Å². The fourth-order valence-corrected chi connectivity index (χ4v) is 5.95. The van der Waals surface area contributed by atoms with E-state index in [1.54, 1.807) is 14.2 Å². The molecule has 8 nitrogen and oxygen atoms in total. The Hall–Kier alpha value is -3.61. The molecule has 0 fully saturated rings. The van der Waals surface area contributed by atoms with Gasteiger partial charge in [-0.05, 0) is 67.4 Å². The molecular formula is C30H34F3N3O5S. The second-order valence-corrected chi connectivity index (χ2v) is 12.2. The van der Waals surface area contributed by atoms with E-state index in [4.69, 9.17) is 9.47 Å². The van der Waals surface area contributed by atoms with Crippen LogP contribution >= 0.6 is 0 Å². The van der Waals surface area contributed by atoms with Crippen LogP contribution in [0, 0.1) is 23.4 Å². The van der Waals surface area contributed by atoms with Crippen LogP contribution in [0.5, 0.6) is 5.75 Å². The van der Waals surface area contributed by atoms with E-state index in [0.717, 1.165) is 24.3 Å². The molecule has 12 heteroatoms. The minimum atomic E-state index is -4.15. The SMILES string of the molecule is CO[C@@H]1CN(C)C(=O)c2cc(NS(=O)(=O)c3cccc(F)c3)ccc2OC[C@H](C)N(Cc2cc(F)ccc2F)C[C@@H]1C. The average Bonchev–Trinajstić information content (AvgIpc) is 2.95. The molecule has 0 aromatic heterocycles. The number of carbonyl (C=O) groups excluding carboxylic acids is 1. The van der Waals surface area contributed by atoms with Crippen molar-refractivity contribution in [1.82, 2.24) is 9.80 Å². The van der Waals surface area contributed by atoms with Crippen molar-refractivity contribution in [1.29, 1.82) is 0 Å². The maximum absolute atomic E-state index is 14.6. The van der Waals surface area contributed by atoms with Crippen LogP contribution in [0.25, 0.3) is 0 Å². The fourth-order valence-electron chi connectivity index (χ4n) is 4.87. The van der Waals surface area contributed by atoms with E-state index in [1.165, 1.54) is 41.3 Å². The monoisotopic (exact) mass is 605 g/mol. The number of benzene rings is 3. The fraction of sp³-hybridized carbons (Fsp3) is 0.367. The predicted octanol–water partition coefficient (Wildman–Crippen LogP) is 4.91. The topological polar surface area (TPSA) is 88.2 Å². The number of hydrogen-bond donors (Lipinski definition) is 1. The lowest BCUT2D eigenvalue weighted by Gasteiger charge is -2.36. The second kappa shape index (κ2) is 13.1. The standard InChI is InChI=1S/C30H34F3N3O5S/c1-19-15-36(16-21-12-23(32)8-10-27(21)33)20(2)18-41-28-11-9-24(14-26(28)30(37)35(3)17-29(19)40-4)34-42(38,39)25-7-5-6-22(31)13-25/h5-14,19-20,29,34H,15-18H2,1-4H3/t19-,20-,29+/m0/s1. The summed E-state index contributed by atoms with van der Waals surface area (Å²) in [6.45, 7) is 4.71. The maximum atomic E-state index is 14.6. The number of nitrogens with one attached hydrogen (secondary N) is 1. The van der Waals surface area contributed by atoms with E-state index in [0.29, 0.717) is 6.54 Å². The lowest BCUT2D eigenvalue weighted by Crippen LogP contribution is -2.46. The molecule has 0 saturated heterocycles. The van der Waals surface area contributed by atoms with Crippen molar-refractivity contribution in [3.05, 3.63) is 89.2 Å². The van der Waals surface area contributed by atoms with Gasteiger partial charge in [0, 0.05) is 51.1 Å². The van der Waals surface area contributed by atoms with Gasteiger partial charge in [-0.3, -0.25) is 14.4 Å². The number of ether oxygens (including phenoxy) is 2. The van der Waals surface area contributed by atoms with Gasteiger partial charge in [0.05, 0.1) is 16.6 Å². The first kappa shape index (κ1) is 31.3. The van der Waals surface area contributed by atoms with E-state index in [1.807, 2.05) is 18.7 Å². The summed E-state index contributed by atoms with van der Waals surface area (Å²) in [6.07, 6.45) is -0.399. The molecule has 0 aliphatic carbocycles. The molecule has 42 heavy (non-hydrogen) atoms. The molecule has 1 aliphatic rings. The number of carbonyl (C=O) groups is 1. The van der Waals surface area contributed by atoms with Gasteiger partial charge >= 0.3 is 0 Å². The zero-order valence-electron chi connectivity index (χ0n) is 23.8. The number of fused-ring (bicyclic) bond motifs is 1. The Bertz CT molecular complexity index is 1540. The zero-order chi connectivity index (χ0) is 30.6. The van der Waals surface area contributed by atoms with Gasteiger partial charge in [0.2, 0.25) is 0 Å². The van der Waals surface area contributed by atoms with Gasteiger partial charge in [-0.1, -0.05) is 13.0 Å². The van der Waals surface area contributed by atoms with Crippen molar-refractivity contribution in [3.63, 3.8) is 0 Å². The van der Waals surface area contributed by atoms with Crippen molar-refractivity contribution in [2.24, 2.45) is 5.92 Å². The van der Waals surface area contributed by atoms with Crippen LogP contribution in [0.4, 0.5) is 18.9 Å². The molecular weight excluding hydrogens is 571 g/mol. The van der Waals surface area contributed by atoms with E-state index in [2.05, 4.69) is 4.72 Å². The average molecular weight is 606 g/mol. The van der Waals surface area contributed by atoms with Gasteiger partial charge in [-0.25, -0.2) is 21.6 Å². The Balaban J connectivity index is 1.67. The molecule has 3 aromatic carbocycles. The van der Waals surface area contributed by atoms with Gasteiger partial charge in [0.15, 0.2) is 0 Å². The quantitative estimate of drug-likeness (QED) is 0.430. The minimum Gasteiger partial charge on any atom is -0.491 e. The van der Waals surface area contributed by atoms with Crippen molar-refractivity contribution in [2.45, 2.75) is 37.4 Å². The number of hydrogen-bond acceptors (Lipinski definition) is 6. The number of sulfonamides is 1. The van der Waals surface area contributed by atoms with E-state index < -0.39 is 39.5 Å². The number of halogens is 3. The summed E-state index contributed by atoms with van der Waals surface area (Å²) in [7, 11) is -1.00. The number of rotatable bonds is 6. The molecule has 0 radical (unpaired) electrons. The van der Waals surface area contributed by atoms with Crippen LogP contribution in [0.2, 0.25) is 0 Å². The lowest BCUT2D eigenvalue weighted by atomic mass is 10.0. The molecule has 1 heterocycles. The van der Waals surface area contributed by atoms with Crippen LogP contribution in [0.1, 0.15) is 29.8 Å². The van der Waals surface area contributed by atoms with E-state index in [9.17, 15) is 26.4 Å². The first-order valence-electron chi connectivity index (χ1n) is 13.4. The van der Waals surface area contributed by atoms with Crippen LogP contribution in [0.3, 0.4) is 0 Å². The highest BCUT2D eigenvalue weighted by Gasteiger charge is 2.29. The Morgan fingerprint density at radius 2 is 1.74 bits per heavy atom. The van der Waals surface area contributed by atoms with Gasteiger partial charge < -0.3 is 14.4 Å². The third kappa shape index (κ3) is 7.42. The number of likely N-dealkylation sites (N-methyl/N-ethyl adjacent to an activating group) is 1. The van der Waals surface area contributed by atoms with Crippen LogP contribution in [-0.4, -0.2) is 70.1 Å². The minimum absolute atomic E-state index is 0.0865. The first-order chi connectivity index (χ1) is 19.9. The summed E-state index contributed by atoms with van der Waals surface area (Å²) < 4.78 is 82.1. The maximum Gasteiger partial charge on any atom is 0.261 e. The number of methoxy groups -OCH3 is 1.